The molecule has 0 radical (unpaired) electrons. The summed E-state index contributed by atoms with van der Waals surface area (Å²) in [6.45, 7) is -0.0440. The summed E-state index contributed by atoms with van der Waals surface area (Å²) in [4.78, 5) is 22.2. The molecule has 0 atom stereocenters. The molecule has 0 unspecified atom stereocenters. The SMILES string of the molecule is O=C=NCCc1cc(F)c([N+](=O)[O-])cc1F. The van der Waals surface area contributed by atoms with Gasteiger partial charge in [-0.15, -0.1) is 0 Å². The first kappa shape index (κ1) is 11.9. The van der Waals surface area contributed by atoms with Crippen LogP contribution < -0.4 is 0 Å². The lowest BCUT2D eigenvalue weighted by Gasteiger charge is -2.01. The fraction of sp³-hybridized carbons (Fsp3) is 0.222. The normalized spacial score (nSPS) is 9.62. The lowest BCUT2D eigenvalue weighted by atomic mass is 10.1. The smallest absolute Gasteiger partial charge is 0.258 e. The lowest BCUT2D eigenvalue weighted by Crippen LogP contribution is -1.99. The van der Waals surface area contributed by atoms with Gasteiger partial charge in [-0.1, -0.05) is 0 Å². The molecule has 0 aromatic heterocycles. The molecule has 5 nitrogen and oxygen atoms in total. The van der Waals surface area contributed by atoms with Crippen LogP contribution in [0.15, 0.2) is 17.1 Å². The number of aliphatic imine (C=N–C) groups is 1. The molecular formula is C9H6F2N2O3. The highest BCUT2D eigenvalue weighted by molar-refractivity contribution is 5.37. The van der Waals surface area contributed by atoms with E-state index >= 15 is 0 Å². The average Bonchev–Trinajstić information content (AvgIpc) is 2.22. The zero-order chi connectivity index (χ0) is 12.1. The average molecular weight is 228 g/mol. The van der Waals surface area contributed by atoms with Crippen molar-refractivity contribution in [3.05, 3.63) is 39.4 Å². The lowest BCUT2D eigenvalue weighted by molar-refractivity contribution is -0.387. The number of rotatable bonds is 4. The summed E-state index contributed by atoms with van der Waals surface area (Å²) >= 11 is 0. The van der Waals surface area contributed by atoms with E-state index in [-0.39, 0.29) is 18.5 Å². The van der Waals surface area contributed by atoms with Gasteiger partial charge in [0.25, 0.3) is 0 Å². The molecule has 0 aliphatic carbocycles. The van der Waals surface area contributed by atoms with Crippen molar-refractivity contribution in [3.8, 4) is 0 Å². The Morgan fingerprint density at radius 3 is 2.62 bits per heavy atom. The first-order valence-corrected chi connectivity index (χ1v) is 4.22. The van der Waals surface area contributed by atoms with Crippen molar-refractivity contribution in [2.75, 3.05) is 6.54 Å². The minimum Gasteiger partial charge on any atom is -0.258 e. The molecule has 0 amide bonds. The maximum Gasteiger partial charge on any atom is 0.307 e. The third-order valence-electron chi connectivity index (χ3n) is 1.87. The highest BCUT2D eigenvalue weighted by atomic mass is 19.1. The number of nitro benzene ring substituents is 1. The number of benzene rings is 1. The number of halogens is 2. The second kappa shape index (κ2) is 5.09. The van der Waals surface area contributed by atoms with Gasteiger partial charge in [0.05, 0.1) is 17.5 Å². The minimum absolute atomic E-state index is 0.0179. The van der Waals surface area contributed by atoms with Crippen LogP contribution >= 0.6 is 0 Å². The van der Waals surface area contributed by atoms with E-state index in [1.54, 1.807) is 0 Å². The van der Waals surface area contributed by atoms with Crippen molar-refractivity contribution in [3.63, 3.8) is 0 Å². The Morgan fingerprint density at radius 1 is 1.38 bits per heavy atom. The Balaban J connectivity index is 3.00. The Bertz CT molecular complexity index is 470. The summed E-state index contributed by atoms with van der Waals surface area (Å²) in [5.41, 5.74) is -0.984. The second-order valence-corrected chi connectivity index (χ2v) is 2.88. The highest BCUT2D eigenvalue weighted by Crippen LogP contribution is 2.21. The molecule has 0 N–H and O–H groups in total. The van der Waals surface area contributed by atoms with Gasteiger partial charge >= 0.3 is 5.69 Å². The predicted molar refractivity (Wildman–Crippen MR) is 49.7 cm³/mol. The summed E-state index contributed by atoms with van der Waals surface area (Å²) in [5.74, 6) is -2.01. The Kier molecular flexibility index (Phi) is 3.79. The van der Waals surface area contributed by atoms with Crippen molar-refractivity contribution < 1.29 is 18.5 Å². The summed E-state index contributed by atoms with van der Waals surface area (Å²) in [7, 11) is 0. The van der Waals surface area contributed by atoms with Crippen LogP contribution in [0.25, 0.3) is 0 Å². The summed E-state index contributed by atoms with van der Waals surface area (Å²) in [5, 5.41) is 10.3. The Labute approximate surface area is 88.6 Å². The third-order valence-corrected chi connectivity index (χ3v) is 1.87. The number of nitrogens with zero attached hydrogens (tertiary/aromatic N) is 2. The maximum absolute atomic E-state index is 13.2. The number of isocyanates is 1. The fourth-order valence-electron chi connectivity index (χ4n) is 1.13. The highest BCUT2D eigenvalue weighted by Gasteiger charge is 2.17. The Morgan fingerprint density at radius 2 is 2.06 bits per heavy atom. The van der Waals surface area contributed by atoms with Gasteiger partial charge in [-0.3, -0.25) is 10.1 Å². The van der Waals surface area contributed by atoms with Gasteiger partial charge < -0.3 is 0 Å². The fourth-order valence-corrected chi connectivity index (χ4v) is 1.13. The van der Waals surface area contributed by atoms with E-state index in [1.165, 1.54) is 6.08 Å². The molecule has 0 fully saturated rings. The Hall–Kier alpha value is -2.14. The topological polar surface area (TPSA) is 72.6 Å². The van der Waals surface area contributed by atoms with Crippen LogP contribution in [0, 0.1) is 21.7 Å². The zero-order valence-corrected chi connectivity index (χ0v) is 7.94. The van der Waals surface area contributed by atoms with Crippen LogP contribution in [-0.4, -0.2) is 17.5 Å². The first-order chi connectivity index (χ1) is 7.56. The van der Waals surface area contributed by atoms with E-state index in [4.69, 9.17) is 0 Å². The van der Waals surface area contributed by atoms with E-state index in [9.17, 15) is 23.7 Å². The molecule has 1 rings (SSSR count). The summed E-state index contributed by atoms with van der Waals surface area (Å²) in [6, 6.07) is 1.24. The van der Waals surface area contributed by atoms with E-state index in [0.717, 1.165) is 6.07 Å². The van der Waals surface area contributed by atoms with Crippen LogP contribution in [0.3, 0.4) is 0 Å². The van der Waals surface area contributed by atoms with Crippen molar-refractivity contribution in [2.24, 2.45) is 4.99 Å². The van der Waals surface area contributed by atoms with E-state index in [1.807, 2.05) is 0 Å². The molecule has 7 heteroatoms. The van der Waals surface area contributed by atoms with E-state index < -0.39 is 22.2 Å². The predicted octanol–water partition coefficient (Wildman–Crippen LogP) is 1.75. The summed E-state index contributed by atoms with van der Waals surface area (Å²) < 4.78 is 26.3. The van der Waals surface area contributed by atoms with Gasteiger partial charge in [0.2, 0.25) is 11.9 Å². The number of hydrogen-bond donors (Lipinski definition) is 0. The van der Waals surface area contributed by atoms with Crippen LogP contribution in [0.2, 0.25) is 0 Å². The molecule has 0 aliphatic rings. The zero-order valence-electron chi connectivity index (χ0n) is 7.94. The van der Waals surface area contributed by atoms with Gasteiger partial charge in [-0.25, -0.2) is 14.2 Å². The molecule has 1 aromatic carbocycles. The van der Waals surface area contributed by atoms with Crippen molar-refractivity contribution in [1.82, 2.24) is 0 Å². The van der Waals surface area contributed by atoms with Gasteiger partial charge in [0.1, 0.15) is 5.82 Å². The van der Waals surface area contributed by atoms with Crippen molar-refractivity contribution in [2.45, 2.75) is 6.42 Å². The van der Waals surface area contributed by atoms with Crippen molar-refractivity contribution in [1.29, 1.82) is 0 Å². The van der Waals surface area contributed by atoms with Gasteiger partial charge in [-0.2, -0.15) is 4.39 Å². The summed E-state index contributed by atoms with van der Waals surface area (Å²) in [6.07, 6.45) is 1.23. The molecular weight excluding hydrogens is 222 g/mol. The van der Waals surface area contributed by atoms with Crippen LogP contribution in [0.1, 0.15) is 5.56 Å². The molecule has 0 bridgehead atoms. The molecule has 1 aromatic rings. The molecule has 0 spiro atoms. The van der Waals surface area contributed by atoms with Crippen LogP contribution in [0.4, 0.5) is 14.5 Å². The minimum atomic E-state index is -1.11. The largest absolute Gasteiger partial charge is 0.307 e. The molecule has 0 aliphatic heterocycles. The van der Waals surface area contributed by atoms with Gasteiger partial charge in [0.15, 0.2) is 0 Å². The number of hydrogen-bond acceptors (Lipinski definition) is 4. The third kappa shape index (κ3) is 2.68. The van der Waals surface area contributed by atoms with Crippen LogP contribution in [-0.2, 0) is 11.2 Å². The molecule has 16 heavy (non-hydrogen) atoms. The standard InChI is InChI=1S/C9H6F2N2O3/c10-7-4-9(13(15)16)8(11)3-6(7)1-2-12-5-14/h3-4H,1-2H2. The molecule has 84 valence electrons. The second-order valence-electron chi connectivity index (χ2n) is 2.88. The number of nitro groups is 1. The maximum atomic E-state index is 13.2. The monoisotopic (exact) mass is 228 g/mol. The quantitative estimate of drug-likeness (QED) is 0.341. The van der Waals surface area contributed by atoms with Gasteiger partial charge in [-0.05, 0) is 18.1 Å². The van der Waals surface area contributed by atoms with E-state index in [2.05, 4.69) is 4.99 Å². The molecule has 0 saturated heterocycles. The molecule has 0 saturated carbocycles. The first-order valence-electron chi connectivity index (χ1n) is 4.22. The van der Waals surface area contributed by atoms with Crippen molar-refractivity contribution >= 4 is 11.8 Å². The molecule has 0 heterocycles. The van der Waals surface area contributed by atoms with Gasteiger partial charge in [0, 0.05) is 0 Å². The number of carbonyl (C=O) groups excluding carboxylic acids is 1. The van der Waals surface area contributed by atoms with E-state index in [0.29, 0.717) is 6.07 Å². The van der Waals surface area contributed by atoms with Crippen LogP contribution in [0.5, 0.6) is 0 Å².